The highest BCUT2D eigenvalue weighted by Crippen LogP contribution is 2.35. The lowest BCUT2D eigenvalue weighted by molar-refractivity contribution is 0.614. The fourth-order valence-corrected chi connectivity index (χ4v) is 6.79. The number of para-hydroxylation sites is 2. The van der Waals surface area contributed by atoms with Crippen LogP contribution in [-0.2, 0) is 13.1 Å². The molecule has 0 unspecified atom stereocenters. The van der Waals surface area contributed by atoms with Crippen molar-refractivity contribution in [3.8, 4) is 22.5 Å². The van der Waals surface area contributed by atoms with Crippen LogP contribution in [-0.4, -0.2) is 29.9 Å². The Morgan fingerprint density at radius 1 is 0.526 bits per heavy atom. The van der Waals surface area contributed by atoms with Gasteiger partial charge >= 0.3 is 0 Å². The van der Waals surface area contributed by atoms with Gasteiger partial charge in [0.2, 0.25) is 10.6 Å². The van der Waals surface area contributed by atoms with Crippen LogP contribution in [0.2, 0.25) is 35.8 Å². The van der Waals surface area contributed by atoms with Crippen LogP contribution in [0.25, 0.3) is 44.3 Å². The number of nitrogens with zero attached hydrogens (tertiary/aromatic N) is 6. The molecule has 0 bridgehead atoms. The lowest BCUT2D eigenvalue weighted by atomic mass is 10.0. The first kappa shape index (κ1) is 42.1. The Morgan fingerprint density at radius 2 is 1.00 bits per heavy atom. The summed E-state index contributed by atoms with van der Waals surface area (Å²) in [6, 6.07) is 30.2. The quantitative estimate of drug-likeness (QED) is 0.125. The summed E-state index contributed by atoms with van der Waals surface area (Å²) in [4.78, 5) is 23.6. The normalized spacial score (nSPS) is 10.8. The van der Waals surface area contributed by atoms with E-state index in [9.17, 15) is 8.78 Å². The van der Waals surface area contributed by atoms with Crippen LogP contribution in [0.5, 0.6) is 0 Å². The molecule has 0 spiro atoms. The van der Waals surface area contributed by atoms with Crippen LogP contribution < -0.4 is 11.1 Å². The van der Waals surface area contributed by atoms with Crippen LogP contribution >= 0.6 is 81.2 Å². The van der Waals surface area contributed by atoms with Gasteiger partial charge in [-0.15, -0.1) is 0 Å². The highest BCUT2D eigenvalue weighted by atomic mass is 35.5. The van der Waals surface area contributed by atoms with Gasteiger partial charge in [-0.3, -0.25) is 0 Å². The van der Waals surface area contributed by atoms with Gasteiger partial charge in [0, 0.05) is 45.0 Å². The number of pyridine rings is 2. The van der Waals surface area contributed by atoms with E-state index in [1.165, 1.54) is 0 Å². The van der Waals surface area contributed by atoms with Crippen molar-refractivity contribution < 1.29 is 8.78 Å². The maximum absolute atomic E-state index is 14.0. The van der Waals surface area contributed by atoms with Crippen LogP contribution in [0.3, 0.4) is 0 Å². The van der Waals surface area contributed by atoms with Gasteiger partial charge in [0.15, 0.2) is 22.6 Å². The number of nitrogens with one attached hydrogen (secondary N) is 1. The number of halogens is 9. The minimum Gasteiger partial charge on any atom is -0.363 e. The molecule has 0 amide bonds. The highest BCUT2D eigenvalue weighted by Gasteiger charge is 2.16. The fourth-order valence-electron chi connectivity index (χ4n) is 5.45. The molecule has 4 aromatic carbocycles. The minimum atomic E-state index is -0.666. The van der Waals surface area contributed by atoms with Crippen molar-refractivity contribution >= 4 is 109 Å². The zero-order valence-electron chi connectivity index (χ0n) is 29.0. The number of anilines is 1. The first-order chi connectivity index (χ1) is 27.4. The fraction of sp³-hybridized carbons (Fsp3) is 0.0500. The van der Waals surface area contributed by atoms with Crippen LogP contribution in [0.15, 0.2) is 109 Å². The molecule has 4 heterocycles. The molecule has 8 aromatic rings. The lowest BCUT2D eigenvalue weighted by Gasteiger charge is -2.14. The van der Waals surface area contributed by atoms with Gasteiger partial charge < -0.3 is 11.1 Å². The number of rotatable bonds is 6. The summed E-state index contributed by atoms with van der Waals surface area (Å²) in [6.45, 7) is 0.649. The maximum Gasteiger partial charge on any atom is 0.224 e. The molecule has 8 nitrogen and oxygen atoms in total. The average molecular weight is 904 g/mol. The third-order valence-electron chi connectivity index (χ3n) is 8.06. The summed E-state index contributed by atoms with van der Waals surface area (Å²) in [7, 11) is 0. The van der Waals surface area contributed by atoms with Gasteiger partial charge in [0.25, 0.3) is 0 Å². The molecule has 0 aliphatic rings. The van der Waals surface area contributed by atoms with Gasteiger partial charge in [-0.05, 0) is 70.7 Å². The Hall–Kier alpha value is -4.49. The summed E-state index contributed by atoms with van der Waals surface area (Å²) in [5.41, 5.74) is 12.1. The molecular formula is C40H25Cl7F2N8. The number of nitrogens with two attached hydrogens (primary N) is 1. The van der Waals surface area contributed by atoms with E-state index in [0.29, 0.717) is 37.8 Å². The second-order valence-corrected chi connectivity index (χ2v) is 14.4. The summed E-state index contributed by atoms with van der Waals surface area (Å²) in [5.74, 6) is -1.25. The summed E-state index contributed by atoms with van der Waals surface area (Å²) < 4.78 is 26.1. The van der Waals surface area contributed by atoms with Crippen molar-refractivity contribution in [3.05, 3.63) is 168 Å². The third kappa shape index (κ3) is 10.3. The number of fused-ring (bicyclic) bond motifs is 2. The van der Waals surface area contributed by atoms with Crippen LogP contribution in [0.4, 0.5) is 14.6 Å². The molecule has 0 aliphatic carbocycles. The van der Waals surface area contributed by atoms with Crippen LogP contribution in [0.1, 0.15) is 11.1 Å². The molecule has 0 saturated carbocycles. The van der Waals surface area contributed by atoms with E-state index in [1.54, 1.807) is 12.1 Å². The Kier molecular flexibility index (Phi) is 14.3. The molecule has 4 aromatic heterocycles. The Morgan fingerprint density at radius 3 is 1.51 bits per heavy atom. The molecule has 0 fully saturated rings. The first-order valence-corrected chi connectivity index (χ1v) is 19.2. The molecule has 57 heavy (non-hydrogen) atoms. The molecule has 8 rings (SSSR count). The van der Waals surface area contributed by atoms with E-state index in [4.69, 9.17) is 91.9 Å². The predicted octanol–water partition coefficient (Wildman–Crippen LogP) is 13.0. The number of benzene rings is 4. The SMILES string of the molecule is Fc1cnc(Cl)nc1Cl.Fc1cnc(Cl)nc1NCc1cc2cccc(Cl)c2nc1-c1ccccc1Cl.NCc1cc2cccc(Cl)c2nc1-c1ccccc1Cl. The maximum atomic E-state index is 14.0. The van der Waals surface area contributed by atoms with Crippen LogP contribution in [0, 0.1) is 11.6 Å². The lowest BCUT2D eigenvalue weighted by Crippen LogP contribution is -2.07. The van der Waals surface area contributed by atoms with Crippen molar-refractivity contribution in [1.82, 2.24) is 29.9 Å². The number of hydrogen-bond donors (Lipinski definition) is 2. The molecule has 288 valence electrons. The summed E-state index contributed by atoms with van der Waals surface area (Å²) in [5, 5.41) is 6.82. The van der Waals surface area contributed by atoms with Crippen molar-refractivity contribution in [1.29, 1.82) is 0 Å². The molecule has 0 atom stereocenters. The zero-order chi connectivity index (χ0) is 40.6. The number of aromatic nitrogens is 6. The highest BCUT2D eigenvalue weighted by molar-refractivity contribution is 6.36. The Balaban J connectivity index is 0.000000164. The predicted molar refractivity (Wildman–Crippen MR) is 229 cm³/mol. The summed E-state index contributed by atoms with van der Waals surface area (Å²) in [6.07, 6.45) is 1.93. The average Bonchev–Trinajstić information content (AvgIpc) is 3.20. The Labute approximate surface area is 359 Å². The molecule has 0 radical (unpaired) electrons. The zero-order valence-corrected chi connectivity index (χ0v) is 34.3. The van der Waals surface area contributed by atoms with Gasteiger partial charge in [-0.2, -0.15) is 4.98 Å². The first-order valence-electron chi connectivity index (χ1n) is 16.5. The monoisotopic (exact) mass is 900 g/mol. The molecular weight excluding hydrogens is 879 g/mol. The van der Waals surface area contributed by atoms with E-state index < -0.39 is 11.6 Å². The van der Waals surface area contributed by atoms with E-state index in [1.807, 2.05) is 84.9 Å². The van der Waals surface area contributed by atoms with Gasteiger partial charge in [0.05, 0.1) is 44.9 Å². The molecule has 3 N–H and O–H groups in total. The molecule has 0 aliphatic heterocycles. The number of hydrogen-bond acceptors (Lipinski definition) is 8. The van der Waals surface area contributed by atoms with Crippen molar-refractivity contribution in [2.75, 3.05) is 5.32 Å². The van der Waals surface area contributed by atoms with Crippen molar-refractivity contribution in [2.45, 2.75) is 13.1 Å². The molecule has 0 saturated heterocycles. The standard InChI is InChI=1S/C20H12Cl3FN4.C16H12Cl2N2.C4HCl2FN2/c21-14-6-2-1-5-13(14)17-12(8-11-4-3-7-15(22)18(11)27-17)9-25-19-16(24)10-26-20(23)28-19;17-13-6-2-1-5-12(13)15-11(9-19)8-10-4-3-7-14(18)16(10)20-15;5-3-2(7)1-8-4(6)9-3/h1-8,10H,9H2,(H,25,26,28);1-8H,9,19H2;1H. The van der Waals surface area contributed by atoms with Crippen molar-refractivity contribution in [2.24, 2.45) is 5.73 Å². The van der Waals surface area contributed by atoms with E-state index in [-0.39, 0.29) is 28.1 Å². The van der Waals surface area contributed by atoms with Gasteiger partial charge in [-0.1, -0.05) is 119 Å². The van der Waals surface area contributed by atoms with E-state index >= 15 is 0 Å². The van der Waals surface area contributed by atoms with E-state index in [2.05, 4.69) is 30.2 Å². The second-order valence-electron chi connectivity index (χ2n) is 11.7. The van der Waals surface area contributed by atoms with Crippen molar-refractivity contribution in [3.63, 3.8) is 0 Å². The van der Waals surface area contributed by atoms with Gasteiger partial charge in [0.1, 0.15) is 0 Å². The molecule has 17 heteroatoms. The minimum absolute atomic E-state index is 0.0105. The second kappa shape index (κ2) is 19.3. The van der Waals surface area contributed by atoms with E-state index in [0.717, 1.165) is 56.6 Å². The summed E-state index contributed by atoms with van der Waals surface area (Å²) >= 11 is 41.4. The third-order valence-corrected chi connectivity index (χ3v) is 9.96. The van der Waals surface area contributed by atoms with Gasteiger partial charge in [-0.25, -0.2) is 33.7 Å². The smallest absolute Gasteiger partial charge is 0.224 e. The topological polar surface area (TPSA) is 115 Å². The largest absolute Gasteiger partial charge is 0.363 e. The Bertz CT molecular complexity index is 2720.